The number of rotatable bonds is 5. The first-order chi connectivity index (χ1) is 16.1. The molecule has 2 atom stereocenters. The zero-order valence-electron chi connectivity index (χ0n) is 20.0. The molecule has 178 valence electrons. The Balaban J connectivity index is 1.45. The van der Waals surface area contributed by atoms with Gasteiger partial charge in [-0.15, -0.1) is 10.2 Å². The van der Waals surface area contributed by atoms with Crippen molar-refractivity contribution in [3.05, 3.63) is 58.6 Å². The summed E-state index contributed by atoms with van der Waals surface area (Å²) in [6.07, 6.45) is 3.76. The molecule has 5 rings (SSSR count). The second kappa shape index (κ2) is 8.61. The van der Waals surface area contributed by atoms with Gasteiger partial charge in [0.05, 0.1) is 18.6 Å². The average Bonchev–Trinajstić information content (AvgIpc) is 3.15. The van der Waals surface area contributed by atoms with Crippen LogP contribution in [0, 0.1) is 10.8 Å². The molecular formula is C27H31BrN4O2. The van der Waals surface area contributed by atoms with E-state index < -0.39 is 0 Å². The molecule has 1 amide bonds. The monoisotopic (exact) mass is 522 g/mol. The minimum atomic E-state index is -0.343. The number of hydrogen-bond donors (Lipinski definition) is 1. The number of amides is 1. The third-order valence-corrected chi connectivity index (χ3v) is 7.77. The second-order valence-electron chi connectivity index (χ2n) is 11.1. The summed E-state index contributed by atoms with van der Waals surface area (Å²) in [5, 5.41) is 20.2. The molecule has 1 aromatic heterocycles. The third-order valence-electron chi connectivity index (χ3n) is 7.28. The molecule has 2 heterocycles. The zero-order valence-corrected chi connectivity index (χ0v) is 21.5. The van der Waals surface area contributed by atoms with Gasteiger partial charge in [-0.05, 0) is 53.9 Å². The summed E-state index contributed by atoms with van der Waals surface area (Å²) < 4.78 is 2.80. The number of fused-ring (bicyclic) bond motifs is 3. The minimum Gasteiger partial charge on any atom is -0.493 e. The van der Waals surface area contributed by atoms with Crippen molar-refractivity contribution >= 4 is 38.4 Å². The van der Waals surface area contributed by atoms with E-state index in [1.165, 1.54) is 12.8 Å². The number of hydrogen-bond acceptors (Lipinski definition) is 4. The highest BCUT2D eigenvalue weighted by atomic mass is 79.9. The molecule has 1 unspecified atom stereocenters. The fourth-order valence-corrected chi connectivity index (χ4v) is 6.73. The summed E-state index contributed by atoms with van der Waals surface area (Å²) in [5.74, 6) is -0.291. The zero-order chi connectivity index (χ0) is 24.1. The van der Waals surface area contributed by atoms with Gasteiger partial charge in [-0.2, -0.15) is 0 Å². The van der Waals surface area contributed by atoms with Crippen LogP contribution in [0.4, 0.5) is 5.69 Å². The topological polar surface area (TPSA) is 70.2 Å². The SMILES string of the molecule is CC1(C)CC2C[C@@](C)(CN2Cn2c(O)c(N=NC(=O)Cc3ccccc3)c3cc(Br)ccc32)C1. The van der Waals surface area contributed by atoms with E-state index in [0.717, 1.165) is 33.9 Å². The van der Waals surface area contributed by atoms with Gasteiger partial charge in [0.25, 0.3) is 5.91 Å². The van der Waals surface area contributed by atoms with Crippen molar-refractivity contribution in [3.63, 3.8) is 0 Å². The van der Waals surface area contributed by atoms with Gasteiger partial charge in [-0.25, -0.2) is 0 Å². The maximum atomic E-state index is 12.4. The largest absolute Gasteiger partial charge is 0.493 e. The Morgan fingerprint density at radius 1 is 1.15 bits per heavy atom. The van der Waals surface area contributed by atoms with Crippen LogP contribution in [0.5, 0.6) is 5.88 Å². The highest BCUT2D eigenvalue weighted by Crippen LogP contribution is 2.53. The van der Waals surface area contributed by atoms with Gasteiger partial charge >= 0.3 is 0 Å². The number of benzene rings is 2. The highest BCUT2D eigenvalue weighted by Gasteiger charge is 2.49. The van der Waals surface area contributed by atoms with Gasteiger partial charge in [0.1, 0.15) is 0 Å². The van der Waals surface area contributed by atoms with Gasteiger partial charge in [-0.1, -0.05) is 67.0 Å². The first kappa shape index (κ1) is 23.2. The van der Waals surface area contributed by atoms with Crippen molar-refractivity contribution in [2.75, 3.05) is 6.54 Å². The summed E-state index contributed by atoms with van der Waals surface area (Å²) in [5.41, 5.74) is 2.75. The molecule has 1 aliphatic heterocycles. The first-order valence-corrected chi connectivity index (χ1v) is 12.7. The third kappa shape index (κ3) is 4.56. The quantitative estimate of drug-likeness (QED) is 0.373. The van der Waals surface area contributed by atoms with Crippen molar-refractivity contribution in [1.82, 2.24) is 9.47 Å². The van der Waals surface area contributed by atoms with Crippen LogP contribution in [0.3, 0.4) is 0 Å². The van der Waals surface area contributed by atoms with Gasteiger partial charge < -0.3 is 5.11 Å². The van der Waals surface area contributed by atoms with Crippen LogP contribution in [-0.2, 0) is 17.9 Å². The number of nitrogens with zero attached hydrogens (tertiary/aromatic N) is 4. The molecule has 0 radical (unpaired) electrons. The molecule has 6 nitrogen and oxygen atoms in total. The fraction of sp³-hybridized carbons (Fsp3) is 0.444. The molecule has 7 heteroatoms. The van der Waals surface area contributed by atoms with Gasteiger partial charge in [-0.3, -0.25) is 14.3 Å². The molecule has 0 spiro atoms. The molecule has 34 heavy (non-hydrogen) atoms. The molecule has 1 saturated heterocycles. The van der Waals surface area contributed by atoms with Crippen molar-refractivity contribution in [2.45, 2.75) is 59.2 Å². The first-order valence-electron chi connectivity index (χ1n) is 11.9. The number of aromatic nitrogens is 1. The summed E-state index contributed by atoms with van der Waals surface area (Å²) in [6.45, 7) is 8.73. The van der Waals surface area contributed by atoms with Crippen molar-refractivity contribution < 1.29 is 9.90 Å². The van der Waals surface area contributed by atoms with Crippen molar-refractivity contribution in [1.29, 1.82) is 0 Å². The van der Waals surface area contributed by atoms with E-state index in [2.05, 4.69) is 51.8 Å². The van der Waals surface area contributed by atoms with Gasteiger partial charge in [0, 0.05) is 22.4 Å². The number of carbonyl (C=O) groups is 1. The Morgan fingerprint density at radius 3 is 2.68 bits per heavy atom. The van der Waals surface area contributed by atoms with Crippen molar-refractivity contribution in [2.24, 2.45) is 21.1 Å². The average molecular weight is 523 g/mol. The number of azo groups is 1. The van der Waals surface area contributed by atoms with Crippen LogP contribution < -0.4 is 0 Å². The molecule has 1 saturated carbocycles. The maximum absolute atomic E-state index is 12.4. The molecule has 2 aromatic carbocycles. The lowest BCUT2D eigenvalue weighted by Gasteiger charge is -2.40. The minimum absolute atomic E-state index is 0.0511. The van der Waals surface area contributed by atoms with E-state index in [0.29, 0.717) is 29.2 Å². The number of likely N-dealkylation sites (tertiary alicyclic amines) is 1. The van der Waals surface area contributed by atoms with E-state index in [1.807, 2.05) is 53.1 Å². The maximum Gasteiger partial charge on any atom is 0.269 e. The van der Waals surface area contributed by atoms with Crippen molar-refractivity contribution in [3.8, 4) is 5.88 Å². The summed E-state index contributed by atoms with van der Waals surface area (Å²) >= 11 is 3.53. The Labute approximate surface area is 208 Å². The Bertz CT molecular complexity index is 1270. The summed E-state index contributed by atoms with van der Waals surface area (Å²) in [7, 11) is 0. The Morgan fingerprint density at radius 2 is 1.91 bits per heavy atom. The predicted molar refractivity (Wildman–Crippen MR) is 137 cm³/mol. The smallest absolute Gasteiger partial charge is 0.269 e. The summed E-state index contributed by atoms with van der Waals surface area (Å²) in [4.78, 5) is 14.9. The number of halogens is 1. The number of carbonyl (C=O) groups excluding carboxylic acids is 1. The lowest BCUT2D eigenvalue weighted by molar-refractivity contribution is -0.117. The fourth-order valence-electron chi connectivity index (χ4n) is 6.37. The second-order valence-corrected chi connectivity index (χ2v) is 12.0. The van der Waals surface area contributed by atoms with Gasteiger partial charge in [0.15, 0.2) is 5.69 Å². The lowest BCUT2D eigenvalue weighted by atomic mass is 9.65. The predicted octanol–water partition coefficient (Wildman–Crippen LogP) is 6.82. The van der Waals surface area contributed by atoms with Crippen LogP contribution in [-0.4, -0.2) is 33.1 Å². The van der Waals surface area contributed by atoms with E-state index in [4.69, 9.17) is 0 Å². The normalized spacial score (nSPS) is 24.3. The van der Waals surface area contributed by atoms with E-state index >= 15 is 0 Å². The van der Waals surface area contributed by atoms with Crippen LogP contribution in [0.15, 0.2) is 63.2 Å². The molecular weight excluding hydrogens is 492 g/mol. The van der Waals surface area contributed by atoms with Gasteiger partial charge in [0.2, 0.25) is 5.88 Å². The lowest BCUT2D eigenvalue weighted by Crippen LogP contribution is -2.35. The Hall–Kier alpha value is -2.51. The van der Waals surface area contributed by atoms with Crippen LogP contribution in [0.25, 0.3) is 10.9 Å². The van der Waals surface area contributed by atoms with Crippen LogP contribution >= 0.6 is 15.9 Å². The van der Waals surface area contributed by atoms with Crippen LogP contribution in [0.2, 0.25) is 0 Å². The van der Waals surface area contributed by atoms with E-state index in [1.54, 1.807) is 0 Å². The molecule has 1 N–H and O–H groups in total. The number of aromatic hydroxyl groups is 1. The van der Waals surface area contributed by atoms with E-state index in [-0.39, 0.29) is 18.2 Å². The molecule has 2 aliphatic rings. The van der Waals surface area contributed by atoms with E-state index in [9.17, 15) is 9.90 Å². The molecule has 2 fully saturated rings. The molecule has 2 bridgehead atoms. The van der Waals surface area contributed by atoms with Crippen LogP contribution in [0.1, 0.15) is 45.6 Å². The standard InChI is InChI=1S/C27H31BrN4O2/c1-26(2)13-20-14-27(3,15-26)16-31(20)17-32-22-10-9-19(28)12-21(22)24(25(32)34)30-29-23(33)11-18-7-5-4-6-8-18/h4-10,12,20,34H,11,13-17H2,1-3H3/t20?,27-/m1/s1. The molecule has 1 aliphatic carbocycles. The highest BCUT2D eigenvalue weighted by molar-refractivity contribution is 9.10. The molecule has 3 aromatic rings. The Kier molecular flexibility index (Phi) is 5.89. The summed E-state index contributed by atoms with van der Waals surface area (Å²) in [6, 6.07) is 15.9.